The van der Waals surface area contributed by atoms with Crippen LogP contribution >= 0.6 is 0 Å². The summed E-state index contributed by atoms with van der Waals surface area (Å²) in [4.78, 5) is 4.51. The van der Waals surface area contributed by atoms with E-state index < -0.39 is 0 Å². The first-order valence-electron chi connectivity index (χ1n) is 7.19. The van der Waals surface area contributed by atoms with E-state index in [0.29, 0.717) is 17.7 Å². The minimum absolute atomic E-state index is 0.116. The van der Waals surface area contributed by atoms with Crippen molar-refractivity contribution in [1.82, 2.24) is 10.1 Å². The molecule has 0 bridgehead atoms. The van der Waals surface area contributed by atoms with Crippen molar-refractivity contribution in [3.8, 4) is 0 Å². The molecule has 1 heterocycles. The highest BCUT2D eigenvalue weighted by atomic mass is 16.5. The highest BCUT2D eigenvalue weighted by molar-refractivity contribution is 5.01. The number of hydrogen-bond donors (Lipinski definition) is 1. The fraction of sp³-hybridized carbons (Fsp3) is 0.857. The van der Waals surface area contributed by atoms with Crippen LogP contribution in [-0.4, -0.2) is 10.1 Å². The van der Waals surface area contributed by atoms with Gasteiger partial charge in [-0.1, -0.05) is 32.3 Å². The Balaban J connectivity index is 1.98. The highest BCUT2D eigenvalue weighted by Crippen LogP contribution is 2.38. The second-order valence-corrected chi connectivity index (χ2v) is 6.01. The smallest absolute Gasteiger partial charge is 0.243 e. The third-order valence-corrected chi connectivity index (χ3v) is 3.98. The first kappa shape index (κ1) is 13.5. The molecular formula is C14H25N3O. The summed E-state index contributed by atoms with van der Waals surface area (Å²) < 4.78 is 5.32. The molecule has 0 saturated heterocycles. The van der Waals surface area contributed by atoms with Crippen molar-refractivity contribution in [3.63, 3.8) is 0 Å². The van der Waals surface area contributed by atoms with Crippen LogP contribution in [0.15, 0.2) is 4.52 Å². The maximum absolute atomic E-state index is 6.07. The van der Waals surface area contributed by atoms with Crippen LogP contribution in [0, 0.1) is 11.8 Å². The van der Waals surface area contributed by atoms with Gasteiger partial charge in [-0.25, -0.2) is 0 Å². The Kier molecular flexibility index (Phi) is 4.38. The molecule has 2 unspecified atom stereocenters. The third kappa shape index (κ3) is 3.10. The van der Waals surface area contributed by atoms with Gasteiger partial charge in [-0.05, 0) is 37.5 Å². The van der Waals surface area contributed by atoms with Crippen LogP contribution in [-0.2, 0) is 0 Å². The molecule has 1 saturated carbocycles. The summed E-state index contributed by atoms with van der Waals surface area (Å²) >= 11 is 0. The molecule has 1 aromatic rings. The van der Waals surface area contributed by atoms with Crippen LogP contribution in [0.1, 0.15) is 76.6 Å². The van der Waals surface area contributed by atoms with E-state index in [-0.39, 0.29) is 6.04 Å². The van der Waals surface area contributed by atoms with E-state index in [9.17, 15) is 0 Å². The van der Waals surface area contributed by atoms with Crippen LogP contribution in [0.5, 0.6) is 0 Å². The summed E-state index contributed by atoms with van der Waals surface area (Å²) in [6, 6.07) is -0.116. The SMILES string of the molecule is CCC1CCC(c2noc([C@@H](N)CC(C)C)n2)C1. The molecule has 4 heteroatoms. The molecule has 1 aliphatic carbocycles. The van der Waals surface area contributed by atoms with Gasteiger partial charge >= 0.3 is 0 Å². The second-order valence-electron chi connectivity index (χ2n) is 6.01. The zero-order valence-electron chi connectivity index (χ0n) is 11.7. The van der Waals surface area contributed by atoms with E-state index in [4.69, 9.17) is 10.3 Å². The fourth-order valence-corrected chi connectivity index (χ4v) is 2.85. The summed E-state index contributed by atoms with van der Waals surface area (Å²) in [5.74, 6) is 3.35. The molecule has 0 aromatic carbocycles. The van der Waals surface area contributed by atoms with E-state index in [1.807, 2.05) is 0 Å². The van der Waals surface area contributed by atoms with Crippen molar-refractivity contribution in [1.29, 1.82) is 0 Å². The lowest BCUT2D eigenvalue weighted by Gasteiger charge is -2.08. The Hall–Kier alpha value is -0.900. The molecule has 0 radical (unpaired) electrons. The van der Waals surface area contributed by atoms with Crippen LogP contribution in [0.25, 0.3) is 0 Å². The number of nitrogens with two attached hydrogens (primary N) is 1. The van der Waals surface area contributed by atoms with Crippen LogP contribution in [0.4, 0.5) is 0 Å². The van der Waals surface area contributed by atoms with E-state index >= 15 is 0 Å². The van der Waals surface area contributed by atoms with Crippen LogP contribution in [0.3, 0.4) is 0 Å². The minimum atomic E-state index is -0.116. The molecule has 1 aliphatic rings. The summed E-state index contributed by atoms with van der Waals surface area (Å²) in [5, 5.41) is 4.13. The standard InChI is InChI=1S/C14H25N3O/c1-4-10-5-6-11(8-10)13-16-14(18-17-13)12(15)7-9(2)3/h9-12H,4-8,15H2,1-3H3/t10?,11?,12-/m0/s1. The van der Waals surface area contributed by atoms with Gasteiger partial charge in [0.1, 0.15) is 0 Å². The maximum Gasteiger partial charge on any atom is 0.243 e. The number of rotatable bonds is 5. The molecule has 1 aromatic heterocycles. The average molecular weight is 251 g/mol. The summed E-state index contributed by atoms with van der Waals surface area (Å²) in [7, 11) is 0. The van der Waals surface area contributed by atoms with Gasteiger partial charge in [-0.3, -0.25) is 0 Å². The van der Waals surface area contributed by atoms with Crippen molar-refractivity contribution in [2.75, 3.05) is 0 Å². The van der Waals surface area contributed by atoms with Gasteiger partial charge in [0.05, 0.1) is 6.04 Å². The molecule has 0 spiro atoms. The van der Waals surface area contributed by atoms with E-state index in [0.717, 1.165) is 18.2 Å². The summed E-state index contributed by atoms with van der Waals surface area (Å²) in [6.07, 6.45) is 5.84. The monoisotopic (exact) mass is 251 g/mol. The first-order valence-corrected chi connectivity index (χ1v) is 7.19. The van der Waals surface area contributed by atoms with E-state index in [1.165, 1.54) is 25.7 Å². The molecule has 3 atom stereocenters. The maximum atomic E-state index is 6.07. The van der Waals surface area contributed by atoms with Crippen molar-refractivity contribution in [3.05, 3.63) is 11.7 Å². The number of nitrogens with zero attached hydrogens (tertiary/aromatic N) is 2. The van der Waals surface area contributed by atoms with Crippen molar-refractivity contribution >= 4 is 0 Å². The van der Waals surface area contributed by atoms with Gasteiger partial charge in [0.2, 0.25) is 5.89 Å². The van der Waals surface area contributed by atoms with E-state index in [2.05, 4.69) is 30.9 Å². The lowest BCUT2D eigenvalue weighted by molar-refractivity contribution is 0.330. The fourth-order valence-electron chi connectivity index (χ4n) is 2.85. The highest BCUT2D eigenvalue weighted by Gasteiger charge is 2.29. The molecule has 1 fully saturated rings. The Bertz CT molecular complexity index is 375. The Morgan fingerprint density at radius 3 is 2.78 bits per heavy atom. The molecule has 0 aliphatic heterocycles. The van der Waals surface area contributed by atoms with Crippen molar-refractivity contribution in [2.24, 2.45) is 17.6 Å². The zero-order chi connectivity index (χ0) is 13.1. The number of hydrogen-bond acceptors (Lipinski definition) is 4. The third-order valence-electron chi connectivity index (χ3n) is 3.98. The molecule has 4 nitrogen and oxygen atoms in total. The Morgan fingerprint density at radius 2 is 2.17 bits per heavy atom. The van der Waals surface area contributed by atoms with Crippen molar-refractivity contribution in [2.45, 2.75) is 64.8 Å². The lowest BCUT2D eigenvalue weighted by Crippen LogP contribution is -2.13. The van der Waals surface area contributed by atoms with Gasteiger partial charge in [0.15, 0.2) is 5.82 Å². The van der Waals surface area contributed by atoms with Gasteiger partial charge in [-0.15, -0.1) is 0 Å². The molecule has 0 amide bonds. The topological polar surface area (TPSA) is 64.9 Å². The van der Waals surface area contributed by atoms with Gasteiger partial charge < -0.3 is 10.3 Å². The molecule has 2 rings (SSSR count). The predicted octanol–water partition coefficient (Wildman–Crippen LogP) is 3.41. The van der Waals surface area contributed by atoms with Gasteiger partial charge in [0.25, 0.3) is 0 Å². The second kappa shape index (κ2) is 5.83. The molecule has 2 N–H and O–H groups in total. The zero-order valence-corrected chi connectivity index (χ0v) is 11.7. The molecule has 18 heavy (non-hydrogen) atoms. The Labute approximate surface area is 109 Å². The molecule has 102 valence electrons. The quantitative estimate of drug-likeness (QED) is 0.871. The Morgan fingerprint density at radius 1 is 1.39 bits per heavy atom. The number of aromatic nitrogens is 2. The largest absolute Gasteiger partial charge is 0.338 e. The minimum Gasteiger partial charge on any atom is -0.338 e. The molecular weight excluding hydrogens is 226 g/mol. The van der Waals surface area contributed by atoms with E-state index in [1.54, 1.807) is 0 Å². The predicted molar refractivity (Wildman–Crippen MR) is 71.1 cm³/mol. The first-order chi connectivity index (χ1) is 8.60. The summed E-state index contributed by atoms with van der Waals surface area (Å²) in [6.45, 7) is 6.56. The normalized spacial score (nSPS) is 25.8. The van der Waals surface area contributed by atoms with Crippen molar-refractivity contribution < 1.29 is 4.52 Å². The van der Waals surface area contributed by atoms with Gasteiger partial charge in [-0.2, -0.15) is 4.98 Å². The van der Waals surface area contributed by atoms with Gasteiger partial charge in [0, 0.05) is 5.92 Å². The van der Waals surface area contributed by atoms with Crippen LogP contribution < -0.4 is 5.73 Å². The summed E-state index contributed by atoms with van der Waals surface area (Å²) in [5.41, 5.74) is 6.07. The van der Waals surface area contributed by atoms with Crippen LogP contribution in [0.2, 0.25) is 0 Å². The average Bonchev–Trinajstić information content (AvgIpc) is 2.96. The lowest BCUT2D eigenvalue weighted by atomic mass is 10.0.